The highest BCUT2D eigenvalue weighted by atomic mass is 35.5. The van der Waals surface area contributed by atoms with Crippen molar-refractivity contribution < 1.29 is 32.3 Å². The smallest absolute Gasteiger partial charge is 0.410 e. The second-order valence-corrected chi connectivity index (χ2v) is 14.4. The largest absolute Gasteiger partial charge is 0.461 e. The first-order chi connectivity index (χ1) is 20.8. The molecular weight excluding hydrogens is 604 g/mol. The van der Waals surface area contributed by atoms with E-state index in [2.05, 4.69) is 0 Å². The highest BCUT2D eigenvalue weighted by molar-refractivity contribution is 7.91. The van der Waals surface area contributed by atoms with Crippen LogP contribution in [0.4, 0.5) is 4.79 Å². The topological polar surface area (TPSA) is 110 Å². The summed E-state index contributed by atoms with van der Waals surface area (Å²) >= 11 is 6.05. The normalized spacial score (nSPS) is 14.3. The molecule has 9 nitrogen and oxygen atoms in total. The van der Waals surface area contributed by atoms with Gasteiger partial charge in [-0.3, -0.25) is 9.59 Å². The molecule has 1 fully saturated rings. The van der Waals surface area contributed by atoms with Crippen molar-refractivity contribution in [3.05, 3.63) is 77.3 Å². The maximum atomic E-state index is 13.6. The van der Waals surface area contributed by atoms with Gasteiger partial charge < -0.3 is 19.3 Å². The van der Waals surface area contributed by atoms with Crippen LogP contribution in [0.5, 0.6) is 0 Å². The number of ether oxygens (including phenoxy) is 2. The van der Waals surface area contributed by atoms with Crippen LogP contribution in [0, 0.1) is 0 Å². The number of hydrogen-bond acceptors (Lipinski definition) is 7. The lowest BCUT2D eigenvalue weighted by Gasteiger charge is -2.39. The first-order valence-corrected chi connectivity index (χ1v) is 16.7. The molecule has 1 heterocycles. The van der Waals surface area contributed by atoms with Gasteiger partial charge in [0.1, 0.15) is 12.2 Å². The van der Waals surface area contributed by atoms with Crippen LogP contribution in [-0.4, -0.2) is 73.2 Å². The van der Waals surface area contributed by atoms with E-state index in [4.69, 9.17) is 21.1 Å². The predicted octanol–water partition coefficient (Wildman–Crippen LogP) is 6.02. The van der Waals surface area contributed by atoms with Gasteiger partial charge in [-0.2, -0.15) is 0 Å². The summed E-state index contributed by atoms with van der Waals surface area (Å²) in [6.45, 7) is 6.37. The zero-order valence-corrected chi connectivity index (χ0v) is 26.9. The summed E-state index contributed by atoms with van der Waals surface area (Å²) in [6.07, 6.45) is 0.257. The molecule has 0 saturated carbocycles. The summed E-state index contributed by atoms with van der Waals surface area (Å²) in [5.41, 5.74) is 0.227. The Morgan fingerprint density at radius 1 is 0.932 bits per heavy atom. The molecule has 236 valence electrons. The van der Waals surface area contributed by atoms with E-state index in [1.807, 2.05) is 30.3 Å². The standard InChI is InChI=1S/C33H39ClN2O7S/c1-33(2,3)43-32(39)35-17-13-28(14-18-35)36(19-15-31(38)42-23-24-7-5-4-6-8-24)30(37)16-20-44(40,41)29-12-10-25-21-27(34)11-9-26(25)22-29/h4-12,21-22,28H,13-20,23H2,1-3H3. The summed E-state index contributed by atoms with van der Waals surface area (Å²) in [6, 6.07) is 19.0. The molecular formula is C33H39ClN2O7S. The summed E-state index contributed by atoms with van der Waals surface area (Å²) in [4.78, 5) is 42.0. The van der Waals surface area contributed by atoms with Gasteiger partial charge in [-0.15, -0.1) is 0 Å². The summed E-state index contributed by atoms with van der Waals surface area (Å²) in [5, 5.41) is 2.10. The zero-order valence-electron chi connectivity index (χ0n) is 25.3. The molecule has 4 rings (SSSR count). The molecule has 0 bridgehead atoms. The maximum absolute atomic E-state index is 13.6. The molecule has 1 aliphatic rings. The molecule has 44 heavy (non-hydrogen) atoms. The molecule has 0 aromatic heterocycles. The molecule has 0 aliphatic carbocycles. The molecule has 1 saturated heterocycles. The molecule has 3 aromatic rings. The SMILES string of the molecule is CC(C)(C)OC(=O)N1CCC(N(CCC(=O)OCc2ccccc2)C(=O)CCS(=O)(=O)c2ccc3cc(Cl)ccc3c2)CC1. The fraction of sp³-hybridized carbons (Fsp3) is 0.424. The lowest BCUT2D eigenvalue weighted by atomic mass is 10.0. The van der Waals surface area contributed by atoms with Gasteiger partial charge in [-0.25, -0.2) is 13.2 Å². The highest BCUT2D eigenvalue weighted by Crippen LogP contribution is 2.25. The third-order valence-corrected chi connectivity index (χ3v) is 9.34. The average molecular weight is 643 g/mol. The number of hydrogen-bond donors (Lipinski definition) is 0. The van der Waals surface area contributed by atoms with Crippen LogP contribution < -0.4 is 0 Å². The van der Waals surface area contributed by atoms with E-state index in [1.165, 1.54) is 6.07 Å². The minimum atomic E-state index is -3.77. The molecule has 0 radical (unpaired) electrons. The van der Waals surface area contributed by atoms with Gasteiger partial charge in [-0.1, -0.05) is 54.1 Å². The number of rotatable bonds is 10. The number of sulfone groups is 1. The number of carbonyl (C=O) groups excluding carboxylic acids is 3. The van der Waals surface area contributed by atoms with Gasteiger partial charge in [-0.05, 0) is 74.2 Å². The molecule has 3 aromatic carbocycles. The average Bonchev–Trinajstić information content (AvgIpc) is 2.98. The van der Waals surface area contributed by atoms with Gasteiger partial charge in [0, 0.05) is 37.1 Å². The minimum absolute atomic E-state index is 0.0369. The Balaban J connectivity index is 1.41. The lowest BCUT2D eigenvalue weighted by molar-refractivity contribution is -0.146. The molecule has 11 heteroatoms. The fourth-order valence-electron chi connectivity index (χ4n) is 5.09. The van der Waals surface area contributed by atoms with Crippen molar-refractivity contribution in [3.8, 4) is 0 Å². The van der Waals surface area contributed by atoms with E-state index in [9.17, 15) is 22.8 Å². The molecule has 0 spiro atoms. The third-order valence-electron chi connectivity index (χ3n) is 7.39. The molecule has 1 aliphatic heterocycles. The predicted molar refractivity (Wildman–Crippen MR) is 169 cm³/mol. The van der Waals surface area contributed by atoms with Crippen molar-refractivity contribution in [1.29, 1.82) is 0 Å². The summed E-state index contributed by atoms with van der Waals surface area (Å²) in [5.74, 6) is -1.20. The van der Waals surface area contributed by atoms with Crippen molar-refractivity contribution in [1.82, 2.24) is 9.80 Å². The maximum Gasteiger partial charge on any atom is 0.410 e. The van der Waals surface area contributed by atoms with E-state index < -0.39 is 27.5 Å². The van der Waals surface area contributed by atoms with Gasteiger partial charge in [0.2, 0.25) is 5.91 Å². The van der Waals surface area contributed by atoms with Crippen LogP contribution in [0.3, 0.4) is 0 Å². The van der Waals surface area contributed by atoms with E-state index in [-0.39, 0.29) is 48.6 Å². The highest BCUT2D eigenvalue weighted by Gasteiger charge is 2.32. The van der Waals surface area contributed by atoms with Crippen molar-refractivity contribution in [2.75, 3.05) is 25.4 Å². The third kappa shape index (κ3) is 9.43. The summed E-state index contributed by atoms with van der Waals surface area (Å²) < 4.78 is 37.4. The Bertz CT molecular complexity index is 1580. The Labute approximate surface area is 264 Å². The molecule has 2 amide bonds. The number of nitrogens with zero attached hydrogens (tertiary/aromatic N) is 2. The second kappa shape index (κ2) is 14.4. The first kappa shape index (κ1) is 33.3. The van der Waals surface area contributed by atoms with Crippen LogP contribution in [-0.2, 0) is 35.5 Å². The number of amides is 2. The van der Waals surface area contributed by atoms with E-state index in [1.54, 1.807) is 60.9 Å². The van der Waals surface area contributed by atoms with E-state index in [0.717, 1.165) is 16.3 Å². The van der Waals surface area contributed by atoms with Crippen LogP contribution in [0.25, 0.3) is 10.8 Å². The van der Waals surface area contributed by atoms with E-state index in [0.29, 0.717) is 31.0 Å². The Morgan fingerprint density at radius 3 is 2.27 bits per heavy atom. The number of piperidine rings is 1. The fourth-order valence-corrected chi connectivity index (χ4v) is 6.53. The Kier molecular flexibility index (Phi) is 10.9. The zero-order chi connectivity index (χ0) is 31.9. The van der Waals surface area contributed by atoms with Gasteiger partial charge in [0.05, 0.1) is 17.1 Å². The second-order valence-electron chi connectivity index (χ2n) is 11.9. The van der Waals surface area contributed by atoms with Crippen molar-refractivity contribution >= 4 is 50.2 Å². The number of likely N-dealkylation sites (tertiary alicyclic amines) is 1. The van der Waals surface area contributed by atoms with Crippen LogP contribution in [0.15, 0.2) is 71.6 Å². The minimum Gasteiger partial charge on any atom is -0.461 e. The first-order valence-electron chi connectivity index (χ1n) is 14.7. The van der Waals surface area contributed by atoms with Crippen LogP contribution in [0.1, 0.15) is 52.0 Å². The number of esters is 1. The number of benzene rings is 3. The van der Waals surface area contributed by atoms with Crippen LogP contribution in [0.2, 0.25) is 5.02 Å². The summed E-state index contributed by atoms with van der Waals surface area (Å²) in [7, 11) is -3.77. The van der Waals surface area contributed by atoms with E-state index >= 15 is 0 Å². The number of fused-ring (bicyclic) bond motifs is 1. The molecule has 0 unspecified atom stereocenters. The molecule has 0 N–H and O–H groups in total. The molecule has 0 atom stereocenters. The Morgan fingerprint density at radius 2 is 1.59 bits per heavy atom. The van der Waals surface area contributed by atoms with Gasteiger partial charge in [0.25, 0.3) is 0 Å². The van der Waals surface area contributed by atoms with Gasteiger partial charge >= 0.3 is 12.1 Å². The number of halogens is 1. The quantitative estimate of drug-likeness (QED) is 0.249. The van der Waals surface area contributed by atoms with Crippen LogP contribution >= 0.6 is 11.6 Å². The Hall–Kier alpha value is -3.63. The lowest BCUT2D eigenvalue weighted by Crippen LogP contribution is -2.50. The number of carbonyl (C=O) groups is 3. The van der Waals surface area contributed by atoms with Crippen molar-refractivity contribution in [2.24, 2.45) is 0 Å². The van der Waals surface area contributed by atoms with Crippen molar-refractivity contribution in [3.63, 3.8) is 0 Å². The monoisotopic (exact) mass is 642 g/mol. The van der Waals surface area contributed by atoms with Gasteiger partial charge in [0.15, 0.2) is 9.84 Å². The van der Waals surface area contributed by atoms with Crippen molar-refractivity contribution in [2.45, 2.75) is 69.6 Å².